The van der Waals surface area contributed by atoms with Gasteiger partial charge in [-0.2, -0.15) is 0 Å². The van der Waals surface area contributed by atoms with Crippen LogP contribution in [0.4, 0.5) is 5.69 Å². The first-order valence-corrected chi connectivity index (χ1v) is 13.9. The zero-order chi connectivity index (χ0) is 27.0. The average molecular weight is 542 g/mol. The number of amides is 2. The number of hydrogen-bond donors (Lipinski definition) is 1. The molecule has 0 fully saturated rings. The lowest BCUT2D eigenvalue weighted by Gasteiger charge is -2.32. The molecule has 0 saturated heterocycles. The Morgan fingerprint density at radius 1 is 0.865 bits per heavy atom. The molecule has 2 amide bonds. The summed E-state index contributed by atoms with van der Waals surface area (Å²) in [4.78, 5) is 28.2. The summed E-state index contributed by atoms with van der Waals surface area (Å²) < 4.78 is 28.4. The third-order valence-electron chi connectivity index (χ3n) is 5.78. The van der Waals surface area contributed by atoms with Gasteiger partial charge in [0.15, 0.2) is 0 Å². The fourth-order valence-corrected chi connectivity index (χ4v) is 5.44. The lowest BCUT2D eigenvalue weighted by atomic mass is 10.1. The van der Waals surface area contributed by atoms with Crippen LogP contribution in [-0.2, 0) is 26.2 Å². The van der Waals surface area contributed by atoms with Crippen molar-refractivity contribution in [2.45, 2.75) is 38.3 Å². The number of sulfonamides is 1. The van der Waals surface area contributed by atoms with E-state index in [4.69, 9.17) is 11.6 Å². The maximum Gasteiger partial charge on any atom is 0.264 e. The van der Waals surface area contributed by atoms with Crippen LogP contribution in [0.3, 0.4) is 0 Å². The van der Waals surface area contributed by atoms with Crippen molar-refractivity contribution in [2.75, 3.05) is 17.4 Å². The third kappa shape index (κ3) is 7.33. The molecule has 0 aromatic heterocycles. The summed E-state index contributed by atoms with van der Waals surface area (Å²) in [5.74, 6) is -0.607. The summed E-state index contributed by atoms with van der Waals surface area (Å²) in [6.45, 7) is 5.67. The minimum absolute atomic E-state index is 0.0278. The first-order valence-electron chi connectivity index (χ1n) is 12.0. The molecule has 0 radical (unpaired) electrons. The molecule has 0 bridgehead atoms. The van der Waals surface area contributed by atoms with E-state index in [0.29, 0.717) is 6.54 Å². The molecule has 9 heteroatoms. The molecule has 0 unspecified atom stereocenters. The van der Waals surface area contributed by atoms with Crippen LogP contribution in [0, 0.1) is 5.92 Å². The van der Waals surface area contributed by atoms with Crippen LogP contribution in [0.25, 0.3) is 0 Å². The molecule has 196 valence electrons. The van der Waals surface area contributed by atoms with Crippen molar-refractivity contribution in [3.05, 3.63) is 95.5 Å². The number of nitrogens with one attached hydrogen (secondary N) is 1. The fourth-order valence-electron chi connectivity index (χ4n) is 3.70. The summed E-state index contributed by atoms with van der Waals surface area (Å²) in [6, 6.07) is 22.8. The normalized spacial score (nSPS) is 12.1. The number of rotatable bonds is 11. The van der Waals surface area contributed by atoms with Crippen molar-refractivity contribution >= 4 is 39.1 Å². The van der Waals surface area contributed by atoms with Gasteiger partial charge in [0.1, 0.15) is 12.6 Å². The highest BCUT2D eigenvalue weighted by Gasteiger charge is 2.33. The molecule has 3 rings (SSSR count). The van der Waals surface area contributed by atoms with Crippen LogP contribution in [0.5, 0.6) is 0 Å². The predicted octanol–water partition coefficient (Wildman–Crippen LogP) is 4.72. The molecule has 0 aliphatic carbocycles. The lowest BCUT2D eigenvalue weighted by molar-refractivity contribution is -0.139. The van der Waals surface area contributed by atoms with Crippen LogP contribution in [-0.4, -0.2) is 44.3 Å². The summed E-state index contributed by atoms with van der Waals surface area (Å²) in [6.07, 6.45) is 0. The number of benzene rings is 3. The van der Waals surface area contributed by atoms with Gasteiger partial charge in [0, 0.05) is 13.1 Å². The zero-order valence-electron chi connectivity index (χ0n) is 21.2. The van der Waals surface area contributed by atoms with E-state index in [9.17, 15) is 18.0 Å². The Morgan fingerprint density at radius 2 is 1.43 bits per heavy atom. The second kappa shape index (κ2) is 12.7. The van der Waals surface area contributed by atoms with Crippen molar-refractivity contribution in [3.8, 4) is 0 Å². The standard InChI is InChI=1S/C28H32ClN3O4S/c1-21(2)18-30-28(34)22(3)31(19-23-12-6-4-7-13-23)27(33)20-32(26-17-11-10-16-25(26)29)37(35,36)24-14-8-5-9-15-24/h4-17,21-22H,18-20H2,1-3H3,(H,30,34)/t22-/m1/s1. The van der Waals surface area contributed by atoms with E-state index in [1.165, 1.54) is 17.0 Å². The van der Waals surface area contributed by atoms with E-state index in [1.54, 1.807) is 49.4 Å². The largest absolute Gasteiger partial charge is 0.354 e. The predicted molar refractivity (Wildman–Crippen MR) is 147 cm³/mol. The Morgan fingerprint density at radius 3 is 2.03 bits per heavy atom. The number of carbonyl (C=O) groups is 2. The Bertz CT molecular complexity index is 1300. The van der Waals surface area contributed by atoms with Gasteiger partial charge in [-0.05, 0) is 42.7 Å². The molecule has 0 heterocycles. The van der Waals surface area contributed by atoms with Crippen LogP contribution in [0.2, 0.25) is 5.02 Å². The van der Waals surface area contributed by atoms with Crippen LogP contribution in [0.1, 0.15) is 26.3 Å². The van der Waals surface area contributed by atoms with Gasteiger partial charge in [0.2, 0.25) is 11.8 Å². The first-order chi connectivity index (χ1) is 17.6. The van der Waals surface area contributed by atoms with Crippen molar-refractivity contribution in [1.29, 1.82) is 0 Å². The molecule has 37 heavy (non-hydrogen) atoms. The van der Waals surface area contributed by atoms with Crippen molar-refractivity contribution in [2.24, 2.45) is 5.92 Å². The minimum Gasteiger partial charge on any atom is -0.354 e. The second-order valence-electron chi connectivity index (χ2n) is 9.10. The van der Waals surface area contributed by atoms with Crippen molar-refractivity contribution < 1.29 is 18.0 Å². The van der Waals surface area contributed by atoms with Gasteiger partial charge in [-0.15, -0.1) is 0 Å². The minimum atomic E-state index is -4.14. The molecule has 0 saturated carbocycles. The highest BCUT2D eigenvalue weighted by molar-refractivity contribution is 7.92. The molecule has 7 nitrogen and oxygen atoms in total. The lowest BCUT2D eigenvalue weighted by Crippen LogP contribution is -2.51. The van der Waals surface area contributed by atoms with E-state index in [0.717, 1.165) is 9.87 Å². The van der Waals surface area contributed by atoms with Gasteiger partial charge in [-0.1, -0.05) is 86.1 Å². The van der Waals surface area contributed by atoms with Gasteiger partial charge < -0.3 is 10.2 Å². The summed E-state index contributed by atoms with van der Waals surface area (Å²) >= 11 is 6.39. The van der Waals surface area contributed by atoms with E-state index >= 15 is 0 Å². The van der Waals surface area contributed by atoms with Crippen LogP contribution in [0.15, 0.2) is 89.8 Å². The number of para-hydroxylation sites is 1. The Labute approximate surface area is 224 Å². The topological polar surface area (TPSA) is 86.8 Å². The molecular weight excluding hydrogens is 510 g/mol. The smallest absolute Gasteiger partial charge is 0.264 e. The van der Waals surface area contributed by atoms with E-state index in [2.05, 4.69) is 5.32 Å². The van der Waals surface area contributed by atoms with E-state index < -0.39 is 28.5 Å². The fraction of sp³-hybridized carbons (Fsp3) is 0.286. The third-order valence-corrected chi connectivity index (χ3v) is 7.87. The second-order valence-corrected chi connectivity index (χ2v) is 11.4. The van der Waals surface area contributed by atoms with E-state index in [1.807, 2.05) is 44.2 Å². The summed E-state index contributed by atoms with van der Waals surface area (Å²) in [5, 5.41) is 3.05. The summed E-state index contributed by atoms with van der Waals surface area (Å²) in [5.41, 5.74) is 0.993. The molecule has 3 aromatic carbocycles. The number of halogens is 1. The van der Waals surface area contributed by atoms with Gasteiger partial charge in [-0.3, -0.25) is 13.9 Å². The molecule has 0 aliphatic rings. The maximum absolute atomic E-state index is 13.8. The van der Waals surface area contributed by atoms with E-state index in [-0.39, 0.29) is 34.0 Å². The number of nitrogens with zero attached hydrogens (tertiary/aromatic N) is 2. The van der Waals surface area contributed by atoms with Gasteiger partial charge in [-0.25, -0.2) is 8.42 Å². The first kappa shape index (κ1) is 28.2. The molecule has 3 aromatic rings. The molecule has 1 N–H and O–H groups in total. The van der Waals surface area contributed by atoms with Crippen LogP contribution < -0.4 is 9.62 Å². The molecule has 0 aliphatic heterocycles. The SMILES string of the molecule is CC(C)CNC(=O)[C@@H](C)N(Cc1ccccc1)C(=O)CN(c1ccccc1Cl)S(=O)(=O)c1ccccc1. The molecular formula is C28H32ClN3O4S. The van der Waals surface area contributed by atoms with Crippen molar-refractivity contribution in [3.63, 3.8) is 0 Å². The van der Waals surface area contributed by atoms with Crippen LogP contribution >= 0.6 is 11.6 Å². The average Bonchev–Trinajstić information content (AvgIpc) is 2.90. The number of carbonyl (C=O) groups excluding carboxylic acids is 2. The number of hydrogen-bond acceptors (Lipinski definition) is 4. The van der Waals surface area contributed by atoms with Crippen molar-refractivity contribution in [1.82, 2.24) is 10.2 Å². The molecule has 0 spiro atoms. The monoisotopic (exact) mass is 541 g/mol. The van der Waals surface area contributed by atoms with Gasteiger partial charge in [0.25, 0.3) is 10.0 Å². The quantitative estimate of drug-likeness (QED) is 0.380. The van der Waals surface area contributed by atoms with Gasteiger partial charge in [0.05, 0.1) is 15.6 Å². The molecule has 1 atom stereocenters. The van der Waals surface area contributed by atoms with Gasteiger partial charge >= 0.3 is 0 Å². The zero-order valence-corrected chi connectivity index (χ0v) is 22.7. The Kier molecular flexibility index (Phi) is 9.72. The Balaban J connectivity index is 1.99. The Hall–Kier alpha value is -3.36. The highest BCUT2D eigenvalue weighted by Crippen LogP contribution is 2.30. The maximum atomic E-state index is 13.8. The number of anilines is 1. The summed E-state index contributed by atoms with van der Waals surface area (Å²) in [7, 11) is -4.14. The highest BCUT2D eigenvalue weighted by atomic mass is 35.5.